The van der Waals surface area contributed by atoms with Crippen molar-refractivity contribution in [1.29, 1.82) is 0 Å². The molecule has 0 amide bonds. The zero-order valence-corrected chi connectivity index (χ0v) is 12.8. The maximum Gasteiger partial charge on any atom is 0.305 e. The van der Waals surface area contributed by atoms with Gasteiger partial charge in [0.15, 0.2) is 0 Å². The van der Waals surface area contributed by atoms with E-state index in [-0.39, 0.29) is 5.97 Å². The van der Waals surface area contributed by atoms with Gasteiger partial charge in [-0.05, 0) is 28.7 Å². The summed E-state index contributed by atoms with van der Waals surface area (Å²) >= 11 is 0. The van der Waals surface area contributed by atoms with Gasteiger partial charge in [-0.15, -0.1) is 0 Å². The van der Waals surface area contributed by atoms with E-state index in [1.54, 1.807) is 0 Å². The topological polar surface area (TPSA) is 26.3 Å². The Morgan fingerprint density at radius 1 is 1.00 bits per heavy atom. The minimum absolute atomic E-state index is 0.0944. The van der Waals surface area contributed by atoms with E-state index in [1.807, 2.05) is 6.92 Å². The standard InChI is InChI=1S/C20H20O2/c1-2-19(21)22-12-13-11-18-14-7-3-5-9-16(14)20(13)17-10-6-4-8-15(17)18/h3-10,13,18,20H,2,11-12H2,1H3. The molecule has 1 unspecified atom stereocenters. The lowest BCUT2D eigenvalue weighted by Gasteiger charge is -2.45. The van der Waals surface area contributed by atoms with Crippen LogP contribution < -0.4 is 0 Å². The molecule has 2 aromatic carbocycles. The number of hydrogen-bond donors (Lipinski definition) is 0. The Morgan fingerprint density at radius 2 is 1.55 bits per heavy atom. The Bertz CT molecular complexity index is 672. The Morgan fingerprint density at radius 3 is 2.09 bits per heavy atom. The summed E-state index contributed by atoms with van der Waals surface area (Å²) in [5, 5.41) is 0. The van der Waals surface area contributed by atoms with Crippen molar-refractivity contribution < 1.29 is 9.53 Å². The third-order valence-corrected chi connectivity index (χ3v) is 5.17. The third-order valence-electron chi connectivity index (χ3n) is 5.17. The summed E-state index contributed by atoms with van der Waals surface area (Å²) in [5.74, 6) is 1.11. The Labute approximate surface area is 131 Å². The molecular weight excluding hydrogens is 272 g/mol. The summed E-state index contributed by atoms with van der Waals surface area (Å²) in [6, 6.07) is 17.5. The van der Waals surface area contributed by atoms with Gasteiger partial charge in [0.05, 0.1) is 6.61 Å². The predicted octanol–water partition coefficient (Wildman–Crippen LogP) is 4.24. The molecule has 22 heavy (non-hydrogen) atoms. The third kappa shape index (κ3) is 1.98. The van der Waals surface area contributed by atoms with Crippen LogP contribution in [-0.2, 0) is 9.53 Å². The maximum atomic E-state index is 11.5. The normalized spacial score (nSPS) is 24.5. The average Bonchev–Trinajstić information content (AvgIpc) is 2.59. The minimum Gasteiger partial charge on any atom is -0.465 e. The molecule has 0 heterocycles. The van der Waals surface area contributed by atoms with E-state index < -0.39 is 0 Å². The minimum atomic E-state index is -0.0944. The van der Waals surface area contributed by atoms with Gasteiger partial charge in [0.25, 0.3) is 0 Å². The fraction of sp³-hybridized carbons (Fsp3) is 0.350. The molecular formula is C20H20O2. The van der Waals surface area contributed by atoms with Crippen molar-refractivity contribution in [2.24, 2.45) is 5.92 Å². The highest BCUT2D eigenvalue weighted by molar-refractivity contribution is 5.69. The van der Waals surface area contributed by atoms with E-state index in [2.05, 4.69) is 48.5 Å². The highest BCUT2D eigenvalue weighted by Crippen LogP contribution is 2.55. The number of fused-ring (bicyclic) bond motifs is 1. The average molecular weight is 292 g/mol. The lowest BCUT2D eigenvalue weighted by atomic mass is 9.59. The number of rotatable bonds is 3. The van der Waals surface area contributed by atoms with Crippen LogP contribution in [0.3, 0.4) is 0 Å². The molecule has 0 spiro atoms. The molecule has 1 atom stereocenters. The highest BCUT2D eigenvalue weighted by atomic mass is 16.5. The van der Waals surface area contributed by atoms with Gasteiger partial charge in [0, 0.05) is 24.2 Å². The van der Waals surface area contributed by atoms with Crippen LogP contribution in [0.2, 0.25) is 0 Å². The Balaban J connectivity index is 1.74. The summed E-state index contributed by atoms with van der Waals surface area (Å²) in [5.41, 5.74) is 5.78. The molecule has 0 radical (unpaired) electrons. The molecule has 0 N–H and O–H groups in total. The van der Waals surface area contributed by atoms with Gasteiger partial charge >= 0.3 is 5.97 Å². The van der Waals surface area contributed by atoms with Gasteiger partial charge < -0.3 is 4.74 Å². The van der Waals surface area contributed by atoms with Crippen molar-refractivity contribution in [3.8, 4) is 0 Å². The van der Waals surface area contributed by atoms with Crippen LogP contribution in [0.5, 0.6) is 0 Å². The second-order valence-corrected chi connectivity index (χ2v) is 6.32. The van der Waals surface area contributed by atoms with Crippen LogP contribution in [0.25, 0.3) is 0 Å². The van der Waals surface area contributed by atoms with Gasteiger partial charge in [-0.3, -0.25) is 4.79 Å². The van der Waals surface area contributed by atoms with Gasteiger partial charge in [-0.25, -0.2) is 0 Å². The zero-order chi connectivity index (χ0) is 15.1. The maximum absolute atomic E-state index is 11.5. The lowest BCUT2D eigenvalue weighted by Crippen LogP contribution is -2.34. The molecule has 3 aliphatic rings. The smallest absolute Gasteiger partial charge is 0.305 e. The zero-order valence-electron chi connectivity index (χ0n) is 12.8. The molecule has 0 saturated heterocycles. The van der Waals surface area contributed by atoms with Gasteiger partial charge in [0.1, 0.15) is 0 Å². The van der Waals surface area contributed by atoms with Crippen LogP contribution in [0.1, 0.15) is 53.9 Å². The van der Waals surface area contributed by atoms with Crippen LogP contribution in [0.15, 0.2) is 48.5 Å². The fourth-order valence-electron chi connectivity index (χ4n) is 4.22. The van der Waals surface area contributed by atoms with Crippen molar-refractivity contribution in [1.82, 2.24) is 0 Å². The molecule has 2 nitrogen and oxygen atoms in total. The first-order chi connectivity index (χ1) is 10.8. The summed E-state index contributed by atoms with van der Waals surface area (Å²) in [4.78, 5) is 11.5. The second-order valence-electron chi connectivity index (χ2n) is 6.32. The molecule has 0 aromatic heterocycles. The highest BCUT2D eigenvalue weighted by Gasteiger charge is 2.43. The molecule has 112 valence electrons. The number of carbonyl (C=O) groups excluding carboxylic acids is 1. The van der Waals surface area contributed by atoms with Crippen molar-refractivity contribution in [3.05, 3.63) is 70.8 Å². The monoisotopic (exact) mass is 292 g/mol. The molecule has 2 aromatic rings. The van der Waals surface area contributed by atoms with Gasteiger partial charge in [-0.2, -0.15) is 0 Å². The largest absolute Gasteiger partial charge is 0.465 e. The van der Waals surface area contributed by atoms with E-state index in [0.29, 0.717) is 30.8 Å². The summed E-state index contributed by atoms with van der Waals surface area (Å²) in [7, 11) is 0. The predicted molar refractivity (Wildman–Crippen MR) is 85.9 cm³/mol. The number of esters is 1. The molecule has 5 rings (SSSR count). The van der Waals surface area contributed by atoms with Gasteiger partial charge in [-0.1, -0.05) is 55.5 Å². The summed E-state index contributed by atoms with van der Waals surface area (Å²) < 4.78 is 5.47. The number of hydrogen-bond acceptors (Lipinski definition) is 2. The van der Waals surface area contributed by atoms with Crippen LogP contribution in [0.4, 0.5) is 0 Å². The summed E-state index contributed by atoms with van der Waals surface area (Å²) in [6.07, 6.45) is 1.53. The van der Waals surface area contributed by atoms with Crippen LogP contribution in [0, 0.1) is 5.92 Å². The molecule has 0 saturated carbocycles. The van der Waals surface area contributed by atoms with Crippen molar-refractivity contribution in [3.63, 3.8) is 0 Å². The molecule has 2 bridgehead atoms. The van der Waals surface area contributed by atoms with E-state index in [9.17, 15) is 4.79 Å². The number of ether oxygens (including phenoxy) is 1. The number of benzene rings is 2. The number of carbonyl (C=O) groups is 1. The Hall–Kier alpha value is -2.09. The Kier molecular flexibility index (Phi) is 3.25. The first-order valence-corrected chi connectivity index (χ1v) is 8.13. The second kappa shape index (κ2) is 5.28. The first-order valence-electron chi connectivity index (χ1n) is 8.13. The van der Waals surface area contributed by atoms with Crippen LogP contribution >= 0.6 is 0 Å². The molecule has 0 aliphatic heterocycles. The SMILES string of the molecule is CCC(=O)OCC1CC2c3ccccc3C1c1ccccc12. The van der Waals surface area contributed by atoms with E-state index >= 15 is 0 Å². The first kappa shape index (κ1) is 13.6. The van der Waals surface area contributed by atoms with E-state index in [4.69, 9.17) is 4.74 Å². The quantitative estimate of drug-likeness (QED) is 0.791. The fourth-order valence-corrected chi connectivity index (χ4v) is 4.22. The van der Waals surface area contributed by atoms with E-state index in [1.165, 1.54) is 22.3 Å². The summed E-state index contributed by atoms with van der Waals surface area (Å²) in [6.45, 7) is 2.39. The molecule has 3 aliphatic carbocycles. The molecule has 2 heteroatoms. The molecule has 0 fully saturated rings. The van der Waals surface area contributed by atoms with Crippen molar-refractivity contribution in [2.45, 2.75) is 31.6 Å². The van der Waals surface area contributed by atoms with Crippen molar-refractivity contribution in [2.75, 3.05) is 6.61 Å². The van der Waals surface area contributed by atoms with E-state index in [0.717, 1.165) is 6.42 Å². The van der Waals surface area contributed by atoms with Crippen molar-refractivity contribution >= 4 is 5.97 Å². The van der Waals surface area contributed by atoms with Gasteiger partial charge in [0.2, 0.25) is 0 Å². The lowest BCUT2D eigenvalue weighted by molar-refractivity contribution is -0.145. The van der Waals surface area contributed by atoms with Crippen LogP contribution in [-0.4, -0.2) is 12.6 Å².